The van der Waals surface area contributed by atoms with Crippen LogP contribution in [-0.4, -0.2) is 17.2 Å². The monoisotopic (exact) mass is 286 g/mol. The fourth-order valence-electron chi connectivity index (χ4n) is 2.46. The quantitative estimate of drug-likeness (QED) is 0.937. The molecule has 1 N–H and O–H groups in total. The van der Waals surface area contributed by atoms with Gasteiger partial charge >= 0.3 is 0 Å². The molecule has 0 radical (unpaired) electrons. The largest absolute Gasteiger partial charge is 0.491 e. The first-order valence-electron chi connectivity index (χ1n) is 7.19. The van der Waals surface area contributed by atoms with Crippen LogP contribution in [-0.2, 0) is 12.8 Å². The summed E-state index contributed by atoms with van der Waals surface area (Å²) in [5.41, 5.74) is 2.56. The van der Waals surface area contributed by atoms with E-state index in [1.165, 1.54) is 0 Å². The molecular weight excluding hydrogens is 268 g/mol. The fraction of sp³-hybridized carbons (Fsp3) is 0.375. The maximum absolute atomic E-state index is 12.2. The van der Waals surface area contributed by atoms with E-state index in [1.807, 2.05) is 13.8 Å². The molecule has 0 unspecified atom stereocenters. The topological polar surface area (TPSA) is 64.4 Å². The molecule has 3 rings (SSSR count). The third-order valence-corrected chi connectivity index (χ3v) is 3.43. The lowest BCUT2D eigenvalue weighted by atomic mass is 10.2. The van der Waals surface area contributed by atoms with Crippen LogP contribution < -0.4 is 10.1 Å². The average molecular weight is 286 g/mol. The number of carbonyl (C=O) groups is 1. The highest BCUT2D eigenvalue weighted by Crippen LogP contribution is 2.28. The Balaban J connectivity index is 1.70. The Bertz CT molecular complexity index is 644. The van der Waals surface area contributed by atoms with Crippen LogP contribution >= 0.6 is 0 Å². The van der Waals surface area contributed by atoms with Gasteiger partial charge in [0.05, 0.1) is 11.8 Å². The van der Waals surface area contributed by atoms with Crippen LogP contribution in [0.3, 0.4) is 0 Å². The second kappa shape index (κ2) is 5.60. The van der Waals surface area contributed by atoms with Gasteiger partial charge in [-0.05, 0) is 57.4 Å². The summed E-state index contributed by atoms with van der Waals surface area (Å²) in [7, 11) is 0. The van der Waals surface area contributed by atoms with Crippen molar-refractivity contribution in [2.24, 2.45) is 0 Å². The number of amides is 1. The highest BCUT2D eigenvalue weighted by atomic mass is 16.5. The summed E-state index contributed by atoms with van der Waals surface area (Å²) in [6.45, 7) is 3.93. The molecule has 1 heterocycles. The number of fused-ring (bicyclic) bond motifs is 1. The SMILES string of the molecule is CC(C)Oc1ccc(C(=O)Nc2onc3c2CCC3)cc1. The zero-order valence-electron chi connectivity index (χ0n) is 12.2. The first-order valence-corrected chi connectivity index (χ1v) is 7.19. The normalized spacial score (nSPS) is 13.3. The van der Waals surface area contributed by atoms with Crippen LogP contribution in [0, 0.1) is 0 Å². The Kier molecular flexibility index (Phi) is 3.64. The summed E-state index contributed by atoms with van der Waals surface area (Å²) < 4.78 is 10.8. The van der Waals surface area contributed by atoms with Gasteiger partial charge in [-0.2, -0.15) is 0 Å². The maximum atomic E-state index is 12.2. The Morgan fingerprint density at radius 3 is 2.76 bits per heavy atom. The number of anilines is 1. The molecule has 1 aliphatic rings. The zero-order valence-corrected chi connectivity index (χ0v) is 12.2. The molecule has 0 aliphatic heterocycles. The van der Waals surface area contributed by atoms with E-state index >= 15 is 0 Å². The minimum absolute atomic E-state index is 0.112. The summed E-state index contributed by atoms with van der Waals surface area (Å²) in [4.78, 5) is 12.2. The van der Waals surface area contributed by atoms with Gasteiger partial charge in [0.1, 0.15) is 5.75 Å². The van der Waals surface area contributed by atoms with E-state index in [2.05, 4.69) is 10.5 Å². The summed E-state index contributed by atoms with van der Waals surface area (Å²) in [5, 5.41) is 6.77. The molecule has 0 saturated heterocycles. The first kappa shape index (κ1) is 13.7. The Labute approximate surface area is 123 Å². The summed E-state index contributed by atoms with van der Waals surface area (Å²) in [6.07, 6.45) is 3.02. The van der Waals surface area contributed by atoms with Crippen LogP contribution in [0.5, 0.6) is 5.75 Å². The molecule has 1 aliphatic carbocycles. The molecule has 21 heavy (non-hydrogen) atoms. The highest BCUT2D eigenvalue weighted by Gasteiger charge is 2.22. The standard InChI is InChI=1S/C16H18N2O3/c1-10(2)20-12-8-6-11(7-9-12)15(19)17-16-13-4-3-5-14(13)18-21-16/h6-10H,3-5H2,1-2H3,(H,17,19). The molecule has 0 spiro atoms. The van der Waals surface area contributed by atoms with Crippen molar-refractivity contribution in [3.8, 4) is 5.75 Å². The summed E-state index contributed by atoms with van der Waals surface area (Å²) >= 11 is 0. The molecule has 1 amide bonds. The minimum Gasteiger partial charge on any atom is -0.491 e. The molecule has 0 fully saturated rings. The molecule has 5 heteroatoms. The minimum atomic E-state index is -0.197. The number of hydrogen-bond acceptors (Lipinski definition) is 4. The van der Waals surface area contributed by atoms with Crippen LogP contribution in [0.25, 0.3) is 0 Å². The smallest absolute Gasteiger partial charge is 0.258 e. The van der Waals surface area contributed by atoms with Gasteiger partial charge in [-0.15, -0.1) is 0 Å². The van der Waals surface area contributed by atoms with Crippen molar-refractivity contribution in [2.45, 2.75) is 39.2 Å². The molecule has 0 atom stereocenters. The average Bonchev–Trinajstić information content (AvgIpc) is 3.04. The Hall–Kier alpha value is -2.30. The number of hydrogen-bond donors (Lipinski definition) is 1. The van der Waals surface area contributed by atoms with Crippen molar-refractivity contribution in [3.05, 3.63) is 41.1 Å². The second-order valence-corrected chi connectivity index (χ2v) is 5.44. The third-order valence-electron chi connectivity index (χ3n) is 3.43. The van der Waals surface area contributed by atoms with Gasteiger partial charge in [0.25, 0.3) is 5.91 Å². The number of nitrogens with zero attached hydrogens (tertiary/aromatic N) is 1. The van der Waals surface area contributed by atoms with E-state index in [0.717, 1.165) is 36.3 Å². The van der Waals surface area contributed by atoms with Crippen LogP contribution in [0.4, 0.5) is 5.88 Å². The van der Waals surface area contributed by atoms with Crippen molar-refractivity contribution in [2.75, 3.05) is 5.32 Å². The van der Waals surface area contributed by atoms with E-state index in [0.29, 0.717) is 11.4 Å². The molecule has 2 aromatic rings. The fourth-order valence-corrected chi connectivity index (χ4v) is 2.46. The summed E-state index contributed by atoms with van der Waals surface area (Å²) in [6, 6.07) is 7.06. The van der Waals surface area contributed by atoms with Crippen molar-refractivity contribution in [1.29, 1.82) is 0 Å². The number of ether oxygens (including phenoxy) is 1. The predicted octanol–water partition coefficient (Wildman–Crippen LogP) is 3.20. The lowest BCUT2D eigenvalue weighted by Gasteiger charge is -2.09. The second-order valence-electron chi connectivity index (χ2n) is 5.44. The Morgan fingerprint density at radius 1 is 1.29 bits per heavy atom. The molecule has 110 valence electrons. The number of rotatable bonds is 4. The predicted molar refractivity (Wildman–Crippen MR) is 78.7 cm³/mol. The number of aromatic nitrogens is 1. The van der Waals surface area contributed by atoms with Crippen molar-refractivity contribution >= 4 is 11.8 Å². The lowest BCUT2D eigenvalue weighted by molar-refractivity contribution is 0.102. The molecule has 1 aromatic carbocycles. The van der Waals surface area contributed by atoms with Gasteiger partial charge < -0.3 is 9.26 Å². The maximum Gasteiger partial charge on any atom is 0.258 e. The number of benzene rings is 1. The van der Waals surface area contributed by atoms with E-state index < -0.39 is 0 Å². The first-order chi connectivity index (χ1) is 10.1. The van der Waals surface area contributed by atoms with Crippen LogP contribution in [0.15, 0.2) is 28.8 Å². The number of aryl methyl sites for hydroxylation is 1. The van der Waals surface area contributed by atoms with Crippen molar-refractivity contribution in [3.63, 3.8) is 0 Å². The van der Waals surface area contributed by atoms with E-state index in [-0.39, 0.29) is 12.0 Å². The summed E-state index contributed by atoms with van der Waals surface area (Å²) in [5.74, 6) is 1.04. The van der Waals surface area contributed by atoms with Gasteiger partial charge in [0.2, 0.25) is 5.88 Å². The lowest BCUT2D eigenvalue weighted by Crippen LogP contribution is -2.12. The highest BCUT2D eigenvalue weighted by molar-refractivity contribution is 6.04. The number of nitrogens with one attached hydrogen (secondary N) is 1. The molecule has 5 nitrogen and oxygen atoms in total. The molecule has 1 aromatic heterocycles. The van der Waals surface area contributed by atoms with E-state index in [9.17, 15) is 4.79 Å². The van der Waals surface area contributed by atoms with E-state index in [1.54, 1.807) is 24.3 Å². The van der Waals surface area contributed by atoms with Gasteiger partial charge in [0.15, 0.2) is 0 Å². The van der Waals surface area contributed by atoms with Crippen LogP contribution in [0.2, 0.25) is 0 Å². The molecule has 0 bridgehead atoms. The van der Waals surface area contributed by atoms with E-state index in [4.69, 9.17) is 9.26 Å². The molecular formula is C16H18N2O3. The third kappa shape index (κ3) is 2.91. The number of carbonyl (C=O) groups excluding carboxylic acids is 1. The van der Waals surface area contributed by atoms with Crippen molar-refractivity contribution < 1.29 is 14.1 Å². The van der Waals surface area contributed by atoms with Crippen LogP contribution in [0.1, 0.15) is 41.9 Å². The van der Waals surface area contributed by atoms with Crippen molar-refractivity contribution in [1.82, 2.24) is 5.16 Å². The van der Waals surface area contributed by atoms with Gasteiger partial charge in [-0.25, -0.2) is 0 Å². The van der Waals surface area contributed by atoms with Gasteiger partial charge in [-0.1, -0.05) is 5.16 Å². The Morgan fingerprint density at radius 2 is 2.05 bits per heavy atom. The van der Waals surface area contributed by atoms with Gasteiger partial charge in [-0.3, -0.25) is 10.1 Å². The zero-order chi connectivity index (χ0) is 14.8. The van der Waals surface area contributed by atoms with Gasteiger partial charge in [0, 0.05) is 11.1 Å². The molecule has 0 saturated carbocycles.